The van der Waals surface area contributed by atoms with Gasteiger partial charge in [0.15, 0.2) is 0 Å². The molecule has 0 amide bonds. The Bertz CT molecular complexity index is 586. The van der Waals surface area contributed by atoms with Gasteiger partial charge < -0.3 is 0 Å². The molecule has 0 unspecified atom stereocenters. The van der Waals surface area contributed by atoms with Crippen LogP contribution in [0.15, 0.2) is 36.7 Å². The predicted octanol–water partition coefficient (Wildman–Crippen LogP) is 3.92. The van der Waals surface area contributed by atoms with Gasteiger partial charge in [0.2, 0.25) is 5.82 Å². The molecule has 1 heterocycles. The molecule has 102 valence electrons. The summed E-state index contributed by atoms with van der Waals surface area (Å²) in [7, 11) is 0. The first-order valence-corrected chi connectivity index (χ1v) is 7.17. The van der Waals surface area contributed by atoms with Gasteiger partial charge in [0, 0.05) is 18.0 Å². The molecule has 0 atom stereocenters. The highest BCUT2D eigenvalue weighted by Crippen LogP contribution is 2.08. The monoisotopic (exact) mass is 264 g/mol. The zero-order valence-corrected chi connectivity index (χ0v) is 12.2. The standard InChI is InChI=1S/C18H20N2/c1-3-4-5-6-16-7-9-17(10-8-16)11-12-18-19-13-15(2)14-20-18/h7-10,13-14H,3-6H2,1-2H3. The minimum atomic E-state index is 0.572. The topological polar surface area (TPSA) is 25.8 Å². The number of nitrogens with zero attached hydrogens (tertiary/aromatic N) is 2. The van der Waals surface area contributed by atoms with Crippen LogP contribution in [-0.4, -0.2) is 9.97 Å². The lowest BCUT2D eigenvalue weighted by Crippen LogP contribution is -1.88. The third-order valence-corrected chi connectivity index (χ3v) is 3.12. The SMILES string of the molecule is CCCCCc1ccc(C#Cc2ncc(C)cn2)cc1. The molecule has 0 aliphatic carbocycles. The van der Waals surface area contributed by atoms with Crippen LogP contribution in [0.5, 0.6) is 0 Å². The smallest absolute Gasteiger partial charge is 0.205 e. The molecule has 0 bridgehead atoms. The summed E-state index contributed by atoms with van der Waals surface area (Å²) in [6, 6.07) is 8.47. The molecule has 0 aliphatic heterocycles. The Balaban J connectivity index is 1.98. The highest BCUT2D eigenvalue weighted by molar-refractivity contribution is 5.39. The van der Waals surface area contributed by atoms with E-state index in [-0.39, 0.29) is 0 Å². The van der Waals surface area contributed by atoms with E-state index in [0.717, 1.165) is 17.5 Å². The van der Waals surface area contributed by atoms with E-state index in [4.69, 9.17) is 0 Å². The number of rotatable bonds is 4. The first-order valence-electron chi connectivity index (χ1n) is 7.17. The summed E-state index contributed by atoms with van der Waals surface area (Å²) in [5.74, 6) is 6.66. The van der Waals surface area contributed by atoms with Crippen LogP contribution in [0.3, 0.4) is 0 Å². The molecule has 0 saturated heterocycles. The number of hydrogen-bond donors (Lipinski definition) is 0. The van der Waals surface area contributed by atoms with Crippen LogP contribution in [0.4, 0.5) is 0 Å². The van der Waals surface area contributed by atoms with Crippen LogP contribution < -0.4 is 0 Å². The van der Waals surface area contributed by atoms with Gasteiger partial charge in [0.1, 0.15) is 0 Å². The van der Waals surface area contributed by atoms with Crippen LogP contribution in [0.1, 0.15) is 48.7 Å². The van der Waals surface area contributed by atoms with Crippen LogP contribution in [-0.2, 0) is 6.42 Å². The summed E-state index contributed by atoms with van der Waals surface area (Å²) >= 11 is 0. The van der Waals surface area contributed by atoms with Gasteiger partial charge in [-0.15, -0.1) is 0 Å². The Morgan fingerprint density at radius 3 is 2.30 bits per heavy atom. The van der Waals surface area contributed by atoms with Crippen LogP contribution in [0.25, 0.3) is 0 Å². The Labute approximate surface area is 121 Å². The zero-order chi connectivity index (χ0) is 14.2. The summed E-state index contributed by atoms with van der Waals surface area (Å²) in [4.78, 5) is 8.35. The van der Waals surface area contributed by atoms with Gasteiger partial charge in [-0.05, 0) is 48.9 Å². The zero-order valence-electron chi connectivity index (χ0n) is 12.2. The predicted molar refractivity (Wildman–Crippen MR) is 82.4 cm³/mol. The van der Waals surface area contributed by atoms with Gasteiger partial charge in [-0.3, -0.25) is 0 Å². The molecule has 20 heavy (non-hydrogen) atoms. The largest absolute Gasteiger partial charge is 0.229 e. The Morgan fingerprint density at radius 1 is 0.950 bits per heavy atom. The van der Waals surface area contributed by atoms with Crippen molar-refractivity contribution in [2.24, 2.45) is 0 Å². The molecule has 2 heteroatoms. The van der Waals surface area contributed by atoms with Crippen molar-refractivity contribution in [3.8, 4) is 11.8 Å². The molecule has 0 spiro atoms. The van der Waals surface area contributed by atoms with E-state index in [2.05, 4.69) is 53.0 Å². The van der Waals surface area contributed by atoms with Gasteiger partial charge in [-0.25, -0.2) is 9.97 Å². The molecule has 1 aromatic heterocycles. The van der Waals surface area contributed by atoms with Crippen LogP contribution in [0, 0.1) is 18.8 Å². The number of unbranched alkanes of at least 4 members (excludes halogenated alkanes) is 2. The fraction of sp³-hybridized carbons (Fsp3) is 0.333. The summed E-state index contributed by atoms with van der Waals surface area (Å²) in [6.07, 6.45) is 8.55. The lowest BCUT2D eigenvalue weighted by Gasteiger charge is -2.00. The summed E-state index contributed by atoms with van der Waals surface area (Å²) in [5, 5.41) is 0. The first-order chi connectivity index (χ1) is 9.78. The van der Waals surface area contributed by atoms with E-state index in [1.807, 2.05) is 6.92 Å². The van der Waals surface area contributed by atoms with Crippen molar-refractivity contribution in [2.45, 2.75) is 39.5 Å². The normalized spacial score (nSPS) is 9.90. The second-order valence-corrected chi connectivity index (χ2v) is 4.99. The van der Waals surface area contributed by atoms with Crippen molar-refractivity contribution in [2.75, 3.05) is 0 Å². The van der Waals surface area contributed by atoms with E-state index in [1.54, 1.807) is 12.4 Å². The second-order valence-electron chi connectivity index (χ2n) is 4.99. The molecule has 0 radical (unpaired) electrons. The molecule has 2 aromatic rings. The maximum atomic E-state index is 4.18. The average Bonchev–Trinajstić information content (AvgIpc) is 2.48. The minimum absolute atomic E-state index is 0.572. The van der Waals surface area contributed by atoms with Crippen molar-refractivity contribution in [1.29, 1.82) is 0 Å². The Hall–Kier alpha value is -2.14. The van der Waals surface area contributed by atoms with Gasteiger partial charge in [0.05, 0.1) is 0 Å². The number of benzene rings is 1. The molecule has 1 aromatic carbocycles. The minimum Gasteiger partial charge on any atom is -0.229 e. The summed E-state index contributed by atoms with van der Waals surface area (Å²) in [5.41, 5.74) is 3.44. The Morgan fingerprint density at radius 2 is 1.65 bits per heavy atom. The Kier molecular flexibility index (Phi) is 5.32. The summed E-state index contributed by atoms with van der Waals surface area (Å²) < 4.78 is 0. The molecular formula is C18H20N2. The number of aromatic nitrogens is 2. The first kappa shape index (κ1) is 14.3. The van der Waals surface area contributed by atoms with Crippen molar-refractivity contribution in [3.63, 3.8) is 0 Å². The van der Waals surface area contributed by atoms with Crippen LogP contribution >= 0.6 is 0 Å². The van der Waals surface area contributed by atoms with Gasteiger partial charge >= 0.3 is 0 Å². The average molecular weight is 264 g/mol. The number of aryl methyl sites for hydroxylation is 2. The third kappa shape index (κ3) is 4.51. The van der Waals surface area contributed by atoms with E-state index in [1.165, 1.54) is 24.8 Å². The lowest BCUT2D eigenvalue weighted by molar-refractivity contribution is 0.717. The third-order valence-electron chi connectivity index (χ3n) is 3.12. The molecule has 2 rings (SSSR count). The molecule has 0 N–H and O–H groups in total. The maximum absolute atomic E-state index is 4.18. The number of hydrogen-bond acceptors (Lipinski definition) is 2. The molecule has 2 nitrogen and oxygen atoms in total. The van der Waals surface area contributed by atoms with Crippen molar-refractivity contribution < 1.29 is 0 Å². The molecular weight excluding hydrogens is 244 g/mol. The fourth-order valence-corrected chi connectivity index (χ4v) is 1.92. The maximum Gasteiger partial charge on any atom is 0.205 e. The molecule has 0 fully saturated rings. The van der Waals surface area contributed by atoms with Crippen LogP contribution in [0.2, 0.25) is 0 Å². The van der Waals surface area contributed by atoms with E-state index in [9.17, 15) is 0 Å². The van der Waals surface area contributed by atoms with E-state index >= 15 is 0 Å². The van der Waals surface area contributed by atoms with Gasteiger partial charge in [0.25, 0.3) is 0 Å². The van der Waals surface area contributed by atoms with E-state index < -0.39 is 0 Å². The highest BCUT2D eigenvalue weighted by atomic mass is 14.8. The fourth-order valence-electron chi connectivity index (χ4n) is 1.92. The van der Waals surface area contributed by atoms with Crippen molar-refractivity contribution >= 4 is 0 Å². The van der Waals surface area contributed by atoms with Crippen molar-refractivity contribution in [1.82, 2.24) is 9.97 Å². The van der Waals surface area contributed by atoms with Crippen molar-refractivity contribution in [3.05, 3.63) is 59.2 Å². The second kappa shape index (κ2) is 7.45. The van der Waals surface area contributed by atoms with Gasteiger partial charge in [-0.2, -0.15) is 0 Å². The lowest BCUT2D eigenvalue weighted by atomic mass is 10.1. The molecule has 0 saturated carbocycles. The van der Waals surface area contributed by atoms with Gasteiger partial charge in [-0.1, -0.05) is 37.8 Å². The van der Waals surface area contributed by atoms with E-state index in [0.29, 0.717) is 5.82 Å². The quantitative estimate of drug-likeness (QED) is 0.618. The summed E-state index contributed by atoms with van der Waals surface area (Å²) in [6.45, 7) is 4.19. The molecule has 0 aliphatic rings. The highest BCUT2D eigenvalue weighted by Gasteiger charge is 1.94.